The number of hydrogen-bond donors (Lipinski definition) is 1. The van der Waals surface area contributed by atoms with E-state index in [1.807, 2.05) is 59.5 Å². The number of carbonyl (C=O) groups excluding carboxylic acids is 2. The molecule has 1 aliphatic heterocycles. The summed E-state index contributed by atoms with van der Waals surface area (Å²) in [6.07, 6.45) is 1.43. The number of rotatable bonds is 4. The van der Waals surface area contributed by atoms with E-state index in [4.69, 9.17) is 0 Å². The topological polar surface area (TPSA) is 49.4 Å². The Bertz CT molecular complexity index is 799. The minimum atomic E-state index is -0.0176. The Labute approximate surface area is 167 Å². The van der Waals surface area contributed by atoms with E-state index in [0.717, 1.165) is 11.1 Å². The van der Waals surface area contributed by atoms with Gasteiger partial charge in [-0.2, -0.15) is 0 Å². The highest BCUT2D eigenvalue weighted by Gasteiger charge is 2.27. The van der Waals surface area contributed by atoms with Gasteiger partial charge in [0.25, 0.3) is 5.91 Å². The first-order valence-corrected chi connectivity index (χ1v) is 10.1. The summed E-state index contributed by atoms with van der Waals surface area (Å²) in [7, 11) is 0. The molecule has 1 fully saturated rings. The van der Waals surface area contributed by atoms with Crippen molar-refractivity contribution in [1.29, 1.82) is 0 Å². The van der Waals surface area contributed by atoms with Gasteiger partial charge in [-0.25, -0.2) is 0 Å². The van der Waals surface area contributed by atoms with Crippen LogP contribution in [0.3, 0.4) is 0 Å². The minimum absolute atomic E-state index is 0.0176. The summed E-state index contributed by atoms with van der Waals surface area (Å²) in [4.78, 5) is 27.1. The zero-order chi connectivity index (χ0) is 20.1. The Morgan fingerprint density at radius 2 is 1.57 bits per heavy atom. The molecular formula is C24H30N2O2. The molecule has 0 atom stereocenters. The second kappa shape index (κ2) is 8.59. The molecular weight excluding hydrogens is 348 g/mol. The molecule has 3 rings (SSSR count). The third-order valence-electron chi connectivity index (χ3n) is 5.46. The van der Waals surface area contributed by atoms with E-state index >= 15 is 0 Å². The van der Waals surface area contributed by atoms with E-state index in [2.05, 4.69) is 26.1 Å². The van der Waals surface area contributed by atoms with Crippen molar-refractivity contribution < 1.29 is 9.59 Å². The van der Waals surface area contributed by atoms with Crippen molar-refractivity contribution in [2.24, 2.45) is 5.92 Å². The molecule has 2 aromatic rings. The Balaban J connectivity index is 1.50. The van der Waals surface area contributed by atoms with Crippen LogP contribution in [0, 0.1) is 5.92 Å². The van der Waals surface area contributed by atoms with Crippen LogP contribution >= 0.6 is 0 Å². The number of hydrogen-bond acceptors (Lipinski definition) is 2. The van der Waals surface area contributed by atoms with Crippen LogP contribution in [0.1, 0.15) is 55.1 Å². The van der Waals surface area contributed by atoms with Crippen molar-refractivity contribution in [3.63, 3.8) is 0 Å². The second-order valence-electron chi connectivity index (χ2n) is 8.60. The van der Waals surface area contributed by atoms with Gasteiger partial charge < -0.3 is 10.2 Å². The second-order valence-corrected chi connectivity index (χ2v) is 8.60. The Kier molecular flexibility index (Phi) is 6.18. The van der Waals surface area contributed by atoms with Crippen molar-refractivity contribution >= 4 is 11.8 Å². The molecule has 1 saturated heterocycles. The Hall–Kier alpha value is -2.62. The maximum atomic E-state index is 12.8. The molecule has 1 aliphatic rings. The molecule has 0 spiro atoms. The molecule has 2 aromatic carbocycles. The van der Waals surface area contributed by atoms with Crippen LogP contribution in [0.2, 0.25) is 0 Å². The van der Waals surface area contributed by atoms with Crippen LogP contribution in [-0.2, 0) is 16.8 Å². The summed E-state index contributed by atoms with van der Waals surface area (Å²) >= 11 is 0. The highest BCUT2D eigenvalue weighted by atomic mass is 16.2. The lowest BCUT2D eigenvalue weighted by Gasteiger charge is -2.31. The summed E-state index contributed by atoms with van der Waals surface area (Å²) in [6, 6.07) is 17.8. The average Bonchev–Trinajstić information content (AvgIpc) is 2.72. The molecule has 148 valence electrons. The van der Waals surface area contributed by atoms with Gasteiger partial charge >= 0.3 is 0 Å². The number of likely N-dealkylation sites (tertiary alicyclic amines) is 1. The van der Waals surface area contributed by atoms with E-state index in [1.54, 1.807) is 0 Å². The summed E-state index contributed by atoms with van der Waals surface area (Å²) in [5, 5.41) is 3.02. The molecule has 28 heavy (non-hydrogen) atoms. The van der Waals surface area contributed by atoms with Crippen molar-refractivity contribution in [2.75, 3.05) is 13.1 Å². The molecule has 0 unspecified atom stereocenters. The standard InChI is InChI=1S/C24H30N2O2/c1-24(2,3)21-11-9-20(10-12-21)23(28)26-15-13-19(14-16-26)22(27)25-17-18-7-5-4-6-8-18/h4-12,19H,13-17H2,1-3H3,(H,25,27). The SMILES string of the molecule is CC(C)(C)c1ccc(C(=O)N2CCC(C(=O)NCc3ccccc3)CC2)cc1. The van der Waals surface area contributed by atoms with Gasteiger partial charge in [-0.1, -0.05) is 63.2 Å². The number of amides is 2. The number of piperidine rings is 1. The van der Waals surface area contributed by atoms with Gasteiger partial charge in [0.1, 0.15) is 0 Å². The lowest BCUT2D eigenvalue weighted by molar-refractivity contribution is -0.126. The fraction of sp³-hybridized carbons (Fsp3) is 0.417. The van der Waals surface area contributed by atoms with Gasteiger partial charge in [0.15, 0.2) is 0 Å². The lowest BCUT2D eigenvalue weighted by atomic mass is 9.86. The van der Waals surface area contributed by atoms with Crippen molar-refractivity contribution in [1.82, 2.24) is 10.2 Å². The predicted octanol–water partition coefficient (Wildman–Crippen LogP) is 4.15. The number of benzene rings is 2. The van der Waals surface area contributed by atoms with Crippen molar-refractivity contribution in [3.05, 3.63) is 71.3 Å². The molecule has 2 amide bonds. The minimum Gasteiger partial charge on any atom is -0.352 e. The normalized spacial score (nSPS) is 15.3. The molecule has 0 aromatic heterocycles. The first-order valence-electron chi connectivity index (χ1n) is 10.1. The zero-order valence-electron chi connectivity index (χ0n) is 17.1. The van der Waals surface area contributed by atoms with E-state index in [-0.39, 0.29) is 23.1 Å². The highest BCUT2D eigenvalue weighted by molar-refractivity contribution is 5.94. The van der Waals surface area contributed by atoms with Gasteiger partial charge in [0, 0.05) is 31.1 Å². The number of carbonyl (C=O) groups is 2. The van der Waals surface area contributed by atoms with Crippen molar-refractivity contribution in [3.8, 4) is 0 Å². The van der Waals surface area contributed by atoms with Gasteiger partial charge in [-0.15, -0.1) is 0 Å². The fourth-order valence-corrected chi connectivity index (χ4v) is 3.57. The molecule has 1 N–H and O–H groups in total. The van der Waals surface area contributed by atoms with E-state index < -0.39 is 0 Å². The third-order valence-corrected chi connectivity index (χ3v) is 5.46. The summed E-state index contributed by atoms with van der Waals surface area (Å²) in [5.41, 5.74) is 3.12. The maximum absolute atomic E-state index is 12.8. The molecule has 0 aliphatic carbocycles. The van der Waals surface area contributed by atoms with Gasteiger partial charge in [0.05, 0.1) is 0 Å². The Morgan fingerprint density at radius 1 is 0.964 bits per heavy atom. The molecule has 1 heterocycles. The molecule has 4 nitrogen and oxygen atoms in total. The highest BCUT2D eigenvalue weighted by Crippen LogP contribution is 2.24. The fourth-order valence-electron chi connectivity index (χ4n) is 3.57. The Morgan fingerprint density at radius 3 is 2.14 bits per heavy atom. The smallest absolute Gasteiger partial charge is 0.253 e. The van der Waals surface area contributed by atoms with Crippen LogP contribution < -0.4 is 5.32 Å². The van der Waals surface area contributed by atoms with Crippen LogP contribution in [0.5, 0.6) is 0 Å². The third kappa shape index (κ3) is 5.00. The van der Waals surface area contributed by atoms with E-state index in [9.17, 15) is 9.59 Å². The maximum Gasteiger partial charge on any atom is 0.253 e. The molecule has 4 heteroatoms. The van der Waals surface area contributed by atoms with Crippen LogP contribution in [-0.4, -0.2) is 29.8 Å². The summed E-state index contributed by atoms with van der Waals surface area (Å²) in [6.45, 7) is 8.30. The summed E-state index contributed by atoms with van der Waals surface area (Å²) < 4.78 is 0. The van der Waals surface area contributed by atoms with Crippen molar-refractivity contribution in [2.45, 2.75) is 45.6 Å². The van der Waals surface area contributed by atoms with Crippen LogP contribution in [0.25, 0.3) is 0 Å². The van der Waals surface area contributed by atoms with E-state index in [0.29, 0.717) is 32.5 Å². The molecule has 0 saturated carbocycles. The van der Waals surface area contributed by atoms with Gasteiger partial charge in [-0.3, -0.25) is 9.59 Å². The number of nitrogens with zero attached hydrogens (tertiary/aromatic N) is 1. The van der Waals surface area contributed by atoms with Crippen LogP contribution in [0.15, 0.2) is 54.6 Å². The molecule has 0 bridgehead atoms. The number of nitrogens with one attached hydrogen (secondary N) is 1. The molecule has 0 radical (unpaired) electrons. The average molecular weight is 379 g/mol. The van der Waals surface area contributed by atoms with Crippen LogP contribution in [0.4, 0.5) is 0 Å². The first kappa shape index (κ1) is 20.1. The monoisotopic (exact) mass is 378 g/mol. The predicted molar refractivity (Wildman–Crippen MR) is 112 cm³/mol. The summed E-state index contributed by atoms with van der Waals surface area (Å²) in [5.74, 6) is 0.130. The quantitative estimate of drug-likeness (QED) is 0.869. The first-order chi connectivity index (χ1) is 13.3. The van der Waals surface area contributed by atoms with Gasteiger partial charge in [-0.05, 0) is 41.5 Å². The lowest BCUT2D eigenvalue weighted by Crippen LogP contribution is -2.42. The zero-order valence-corrected chi connectivity index (χ0v) is 17.1. The van der Waals surface area contributed by atoms with Gasteiger partial charge in [0.2, 0.25) is 5.91 Å². The van der Waals surface area contributed by atoms with E-state index in [1.165, 1.54) is 5.56 Å². The largest absolute Gasteiger partial charge is 0.352 e.